The third kappa shape index (κ3) is 4.43. The van der Waals surface area contributed by atoms with E-state index in [2.05, 4.69) is 21.0 Å². The maximum atomic E-state index is 13.3. The lowest BCUT2D eigenvalue weighted by atomic mass is 10.1. The number of rotatable bonds is 6. The first-order valence-electron chi connectivity index (χ1n) is 8.39. The van der Waals surface area contributed by atoms with Crippen molar-refractivity contribution < 1.29 is 32.2 Å². The van der Waals surface area contributed by atoms with Crippen LogP contribution >= 0.6 is 15.9 Å². The van der Waals surface area contributed by atoms with E-state index in [1.54, 1.807) is 12.1 Å². The molecule has 0 bridgehead atoms. The fraction of sp³-hybridized carbons (Fsp3) is 0.263. The van der Waals surface area contributed by atoms with Crippen LogP contribution in [0.5, 0.6) is 5.75 Å². The summed E-state index contributed by atoms with van der Waals surface area (Å²) in [5.41, 5.74) is -3.49. The van der Waals surface area contributed by atoms with E-state index in [1.165, 1.54) is 24.3 Å². The fourth-order valence-electron chi connectivity index (χ4n) is 2.69. The first-order chi connectivity index (χ1) is 13.7. The summed E-state index contributed by atoms with van der Waals surface area (Å²) >= 11 is 3.35. The van der Waals surface area contributed by atoms with E-state index < -0.39 is 36.6 Å². The van der Waals surface area contributed by atoms with E-state index in [1.807, 2.05) is 12.1 Å². The van der Waals surface area contributed by atoms with E-state index in [0.29, 0.717) is 11.3 Å². The number of alkyl halides is 4. The molecule has 2 aromatic rings. The van der Waals surface area contributed by atoms with Gasteiger partial charge in [0.1, 0.15) is 18.1 Å². The third-order valence-corrected chi connectivity index (χ3v) is 4.92. The van der Waals surface area contributed by atoms with Gasteiger partial charge in [-0.1, -0.05) is 24.3 Å². The smallest absolute Gasteiger partial charge is 0.287 e. The normalized spacial score (nSPS) is 19.0. The molecule has 2 aromatic carbocycles. The van der Waals surface area contributed by atoms with Crippen LogP contribution in [0.15, 0.2) is 58.1 Å². The lowest BCUT2D eigenvalue weighted by Crippen LogP contribution is -2.51. The largest absolute Gasteiger partial charge is 0.488 e. The number of halogens is 5. The van der Waals surface area contributed by atoms with Gasteiger partial charge in [0.15, 0.2) is 0 Å². The first kappa shape index (κ1) is 21.3. The van der Waals surface area contributed by atoms with Gasteiger partial charge in [0.2, 0.25) is 5.72 Å². The van der Waals surface area contributed by atoms with Crippen LogP contribution in [0.1, 0.15) is 22.3 Å². The van der Waals surface area contributed by atoms with Crippen molar-refractivity contribution in [2.45, 2.75) is 31.6 Å². The number of amides is 1. The maximum Gasteiger partial charge on any atom is 0.287 e. The molecule has 0 radical (unpaired) electrons. The predicted octanol–water partition coefficient (Wildman–Crippen LogP) is 4.45. The molecule has 1 amide bonds. The van der Waals surface area contributed by atoms with Crippen molar-refractivity contribution in [1.29, 1.82) is 0 Å². The summed E-state index contributed by atoms with van der Waals surface area (Å²) in [4.78, 5) is 12.5. The van der Waals surface area contributed by atoms with Gasteiger partial charge >= 0.3 is 0 Å². The second kappa shape index (κ2) is 8.50. The fourth-order valence-corrected chi connectivity index (χ4v) is 3.09. The molecule has 0 saturated carbocycles. The molecule has 10 heteroatoms. The molecule has 5 nitrogen and oxygen atoms in total. The third-order valence-electron chi connectivity index (χ3n) is 4.26. The van der Waals surface area contributed by atoms with Crippen molar-refractivity contribution in [3.8, 4) is 5.75 Å². The Morgan fingerprint density at radius 1 is 1.17 bits per heavy atom. The summed E-state index contributed by atoms with van der Waals surface area (Å²) in [6.07, 6.45) is -7.75. The average molecular weight is 475 g/mol. The van der Waals surface area contributed by atoms with Crippen molar-refractivity contribution in [3.05, 3.63) is 64.1 Å². The SMILES string of the molecule is O=C(c1ccc(COc2ccccc2Br)cc1)N1N=C(C(F)F)CC1(O)C(F)F. The van der Waals surface area contributed by atoms with Crippen LogP contribution < -0.4 is 4.74 Å². The molecule has 1 aliphatic heterocycles. The number of para-hydroxylation sites is 1. The van der Waals surface area contributed by atoms with Crippen molar-refractivity contribution >= 4 is 27.5 Å². The average Bonchev–Trinajstić information content (AvgIpc) is 3.07. The molecule has 1 unspecified atom stereocenters. The number of carbonyl (C=O) groups is 1. The van der Waals surface area contributed by atoms with Gasteiger partial charge in [0.25, 0.3) is 18.8 Å². The minimum absolute atomic E-state index is 0.0335. The summed E-state index contributed by atoms with van der Waals surface area (Å²) < 4.78 is 58.6. The highest BCUT2D eigenvalue weighted by Gasteiger charge is 2.53. The summed E-state index contributed by atoms with van der Waals surface area (Å²) in [6, 6.07) is 12.9. The van der Waals surface area contributed by atoms with Crippen LogP contribution in [0, 0.1) is 0 Å². The Morgan fingerprint density at radius 2 is 1.83 bits per heavy atom. The monoisotopic (exact) mass is 474 g/mol. The molecule has 3 rings (SSSR count). The highest BCUT2D eigenvalue weighted by Crippen LogP contribution is 2.34. The molecule has 1 heterocycles. The number of hydrogen-bond acceptors (Lipinski definition) is 4. The van der Waals surface area contributed by atoms with Crippen molar-refractivity contribution in [2.24, 2.45) is 5.10 Å². The zero-order valence-electron chi connectivity index (χ0n) is 14.7. The quantitative estimate of drug-likeness (QED) is 0.629. The molecule has 1 aliphatic rings. The summed E-state index contributed by atoms with van der Waals surface area (Å²) in [7, 11) is 0. The van der Waals surface area contributed by atoms with Crippen molar-refractivity contribution in [2.75, 3.05) is 0 Å². The predicted molar refractivity (Wildman–Crippen MR) is 100 cm³/mol. The van der Waals surface area contributed by atoms with Gasteiger partial charge in [-0.15, -0.1) is 0 Å². The Labute approximate surface area is 171 Å². The number of hydrazone groups is 1. The Morgan fingerprint density at radius 3 is 2.41 bits per heavy atom. The highest BCUT2D eigenvalue weighted by atomic mass is 79.9. The summed E-state index contributed by atoms with van der Waals surface area (Å²) in [6.45, 7) is 0.176. The van der Waals surface area contributed by atoms with E-state index in [4.69, 9.17) is 4.74 Å². The number of carbonyl (C=O) groups excluding carboxylic acids is 1. The Bertz CT molecular complexity index is 924. The minimum Gasteiger partial charge on any atom is -0.488 e. The topological polar surface area (TPSA) is 62.1 Å². The van der Waals surface area contributed by atoms with E-state index >= 15 is 0 Å². The number of ether oxygens (including phenoxy) is 1. The van der Waals surface area contributed by atoms with Crippen LogP contribution in [0.2, 0.25) is 0 Å². The molecule has 0 saturated heterocycles. The van der Waals surface area contributed by atoms with Gasteiger partial charge in [-0.25, -0.2) is 17.6 Å². The van der Waals surface area contributed by atoms with E-state index in [9.17, 15) is 27.5 Å². The van der Waals surface area contributed by atoms with Gasteiger partial charge in [-0.2, -0.15) is 10.1 Å². The second-order valence-corrected chi connectivity index (χ2v) is 7.14. The number of aliphatic hydroxyl groups is 1. The van der Waals surface area contributed by atoms with Gasteiger partial charge in [0, 0.05) is 12.0 Å². The molecule has 0 aliphatic carbocycles. The second-order valence-electron chi connectivity index (χ2n) is 6.28. The zero-order chi connectivity index (χ0) is 21.2. The molecular weight excluding hydrogens is 460 g/mol. The minimum atomic E-state index is -3.47. The first-order valence-corrected chi connectivity index (χ1v) is 9.18. The number of benzene rings is 2. The molecule has 1 atom stereocenters. The maximum absolute atomic E-state index is 13.3. The van der Waals surface area contributed by atoms with Crippen LogP contribution in [-0.2, 0) is 6.61 Å². The van der Waals surface area contributed by atoms with Crippen molar-refractivity contribution in [1.82, 2.24) is 5.01 Å². The zero-order valence-corrected chi connectivity index (χ0v) is 16.3. The molecule has 1 N–H and O–H groups in total. The molecule has 0 fully saturated rings. The Hall–Kier alpha value is -2.46. The van der Waals surface area contributed by atoms with Gasteiger partial charge in [-0.05, 0) is 45.8 Å². The molecular formula is C19H15BrF4N2O3. The Kier molecular flexibility index (Phi) is 6.23. The van der Waals surface area contributed by atoms with Crippen LogP contribution in [0.3, 0.4) is 0 Å². The van der Waals surface area contributed by atoms with E-state index in [0.717, 1.165) is 4.47 Å². The lowest BCUT2D eigenvalue weighted by Gasteiger charge is -2.30. The summed E-state index contributed by atoms with van der Waals surface area (Å²) in [5, 5.41) is 13.3. The molecule has 0 aromatic heterocycles. The van der Waals surface area contributed by atoms with Gasteiger partial charge in [-0.3, -0.25) is 4.79 Å². The lowest BCUT2D eigenvalue weighted by molar-refractivity contribution is -0.164. The standard InChI is InChI=1S/C19H15BrF4N2O3/c20-13-3-1-2-4-15(13)29-10-11-5-7-12(8-6-11)17(27)26-19(28,18(23)24)9-14(25-26)16(21)22/h1-8,16,18,28H,9-10H2. The molecule has 29 heavy (non-hydrogen) atoms. The van der Waals surface area contributed by atoms with Crippen LogP contribution in [0.4, 0.5) is 17.6 Å². The van der Waals surface area contributed by atoms with Crippen molar-refractivity contribution in [3.63, 3.8) is 0 Å². The molecule has 0 spiro atoms. The van der Waals surface area contributed by atoms with Gasteiger partial charge < -0.3 is 9.84 Å². The number of nitrogens with zero attached hydrogens (tertiary/aromatic N) is 2. The van der Waals surface area contributed by atoms with Crippen LogP contribution in [0.25, 0.3) is 0 Å². The molecule has 154 valence electrons. The van der Waals surface area contributed by atoms with Gasteiger partial charge in [0.05, 0.1) is 4.47 Å². The highest BCUT2D eigenvalue weighted by molar-refractivity contribution is 9.10. The summed E-state index contributed by atoms with van der Waals surface area (Å²) in [5.74, 6) is -0.498. The van der Waals surface area contributed by atoms with E-state index in [-0.39, 0.29) is 17.2 Å². The number of hydrogen-bond donors (Lipinski definition) is 1. The Balaban J connectivity index is 1.75. The van der Waals surface area contributed by atoms with Crippen LogP contribution in [-0.4, -0.2) is 40.3 Å².